The first kappa shape index (κ1) is 28.0. The number of piperazine rings is 1. The summed E-state index contributed by atoms with van der Waals surface area (Å²) in [7, 11) is 0. The quantitative estimate of drug-likeness (QED) is 0.347. The number of hydrogen-bond acceptors (Lipinski definition) is 4. The van der Waals surface area contributed by atoms with Gasteiger partial charge in [0, 0.05) is 61.3 Å². The van der Waals surface area contributed by atoms with Gasteiger partial charge in [-0.15, -0.1) is 11.6 Å². The molecule has 36 heavy (non-hydrogen) atoms. The Morgan fingerprint density at radius 3 is 2.56 bits per heavy atom. The van der Waals surface area contributed by atoms with Crippen LogP contribution < -0.4 is 15.4 Å². The molecule has 2 aromatic carbocycles. The average molecular weight is 539 g/mol. The fourth-order valence-electron chi connectivity index (χ4n) is 4.15. The van der Waals surface area contributed by atoms with E-state index in [0.717, 1.165) is 5.56 Å². The van der Waals surface area contributed by atoms with E-state index in [1.54, 1.807) is 30.3 Å². The number of benzene rings is 2. The van der Waals surface area contributed by atoms with Gasteiger partial charge >= 0.3 is 6.03 Å². The summed E-state index contributed by atoms with van der Waals surface area (Å²) in [6.45, 7) is 6.64. The zero-order chi connectivity index (χ0) is 26.1. The zero-order valence-electron chi connectivity index (χ0n) is 20.6. The van der Waals surface area contributed by atoms with Crippen molar-refractivity contribution in [2.24, 2.45) is 0 Å². The van der Waals surface area contributed by atoms with Crippen LogP contribution in [0.4, 0.5) is 9.18 Å². The van der Waals surface area contributed by atoms with Crippen molar-refractivity contribution in [1.29, 1.82) is 0 Å². The van der Waals surface area contributed by atoms with E-state index in [1.807, 2.05) is 11.8 Å². The number of urea groups is 1. The van der Waals surface area contributed by atoms with Gasteiger partial charge in [0.2, 0.25) is 0 Å². The molecule has 1 aliphatic rings. The minimum absolute atomic E-state index is 0.000728. The molecular weight excluding hydrogens is 506 g/mol. The highest BCUT2D eigenvalue weighted by Crippen LogP contribution is 2.24. The van der Waals surface area contributed by atoms with Crippen molar-refractivity contribution in [3.05, 3.63) is 64.4 Å². The fraction of sp³-hybridized carbons (Fsp3) is 0.462. The number of carbonyl (C=O) groups excluding carboxylic acids is 2. The molecule has 2 N–H and O–H groups in total. The lowest BCUT2D eigenvalue weighted by atomic mass is 10.1. The summed E-state index contributed by atoms with van der Waals surface area (Å²) in [5.74, 6) is 0.607. The molecule has 0 aromatic heterocycles. The number of carbonyl (C=O) groups is 2. The van der Waals surface area contributed by atoms with E-state index in [1.165, 1.54) is 12.1 Å². The Labute approximate surface area is 221 Å². The Kier molecular flexibility index (Phi) is 10.6. The van der Waals surface area contributed by atoms with Gasteiger partial charge < -0.3 is 20.3 Å². The number of rotatable bonds is 10. The van der Waals surface area contributed by atoms with Crippen LogP contribution in [0.15, 0.2) is 42.5 Å². The number of hydrogen-bond donors (Lipinski definition) is 2. The van der Waals surface area contributed by atoms with Gasteiger partial charge in [-0.2, -0.15) is 0 Å². The molecule has 196 valence electrons. The number of nitrogens with zero attached hydrogens (tertiary/aromatic N) is 2. The van der Waals surface area contributed by atoms with Gasteiger partial charge in [-0.1, -0.05) is 23.7 Å². The molecule has 2 atom stereocenters. The second kappa shape index (κ2) is 13.7. The molecule has 1 heterocycles. The largest absolute Gasteiger partial charge is 0.483 e. The summed E-state index contributed by atoms with van der Waals surface area (Å²) in [6.07, 6.45) is 0.681. The van der Waals surface area contributed by atoms with Gasteiger partial charge in [-0.05, 0) is 56.2 Å². The van der Waals surface area contributed by atoms with Crippen molar-refractivity contribution in [3.63, 3.8) is 0 Å². The summed E-state index contributed by atoms with van der Waals surface area (Å²) in [5, 5.41) is 5.99. The summed E-state index contributed by atoms with van der Waals surface area (Å²) in [6, 6.07) is 11.4. The third-order valence-corrected chi connectivity index (χ3v) is 6.65. The number of halogens is 3. The molecule has 2 aromatic rings. The Hall–Kier alpha value is -2.55. The standard InChI is InChI=1S/C26H33Cl2FN4O3/c1-18-15-33(19(2)14-32(18)16-20-4-7-23(29)8-5-20)25(34)17-36-24-9-6-22(28)12-21(24)13-31-26(35)30-11-3-10-27/h4-9,12,18-19H,3,10-11,13-17H2,1-2H3,(H2,30,31,35)/t18-,19+/m1/s1. The van der Waals surface area contributed by atoms with Crippen molar-refractivity contribution in [1.82, 2.24) is 20.4 Å². The normalized spacial score (nSPS) is 18.1. The number of amides is 3. The molecule has 1 saturated heterocycles. The Morgan fingerprint density at radius 1 is 1.08 bits per heavy atom. The Balaban J connectivity index is 1.54. The van der Waals surface area contributed by atoms with Crippen molar-refractivity contribution in [2.75, 3.05) is 32.1 Å². The van der Waals surface area contributed by atoms with E-state index in [2.05, 4.69) is 22.5 Å². The minimum atomic E-state index is -0.316. The van der Waals surface area contributed by atoms with Crippen LogP contribution in [0.25, 0.3) is 0 Å². The van der Waals surface area contributed by atoms with Crippen LogP contribution in [0.5, 0.6) is 5.75 Å². The van der Waals surface area contributed by atoms with Gasteiger partial charge in [-0.25, -0.2) is 9.18 Å². The van der Waals surface area contributed by atoms with Crippen LogP contribution in [0, 0.1) is 5.82 Å². The average Bonchev–Trinajstić information content (AvgIpc) is 2.85. The van der Waals surface area contributed by atoms with E-state index in [-0.39, 0.29) is 43.0 Å². The second-order valence-electron chi connectivity index (χ2n) is 8.99. The number of alkyl halides is 1. The first-order valence-electron chi connectivity index (χ1n) is 12.0. The molecule has 0 saturated carbocycles. The number of nitrogens with one attached hydrogen (secondary N) is 2. The first-order valence-corrected chi connectivity index (χ1v) is 12.9. The topological polar surface area (TPSA) is 73.9 Å². The maximum atomic E-state index is 13.2. The van der Waals surface area contributed by atoms with Crippen LogP contribution >= 0.6 is 23.2 Å². The molecule has 1 fully saturated rings. The predicted molar refractivity (Wildman–Crippen MR) is 140 cm³/mol. The maximum absolute atomic E-state index is 13.2. The SMILES string of the molecule is C[C@@H]1CN(C(=O)COc2ccc(Cl)cc2CNC(=O)NCCCCl)[C@@H](C)CN1Cc1ccc(F)cc1. The second-order valence-corrected chi connectivity index (χ2v) is 9.81. The zero-order valence-corrected chi connectivity index (χ0v) is 22.1. The Bertz CT molecular complexity index is 1020. The highest BCUT2D eigenvalue weighted by atomic mass is 35.5. The van der Waals surface area contributed by atoms with Crippen LogP contribution in [0.3, 0.4) is 0 Å². The van der Waals surface area contributed by atoms with Crippen molar-refractivity contribution < 1.29 is 18.7 Å². The van der Waals surface area contributed by atoms with Crippen LogP contribution in [-0.4, -0.2) is 65.9 Å². The third kappa shape index (κ3) is 8.25. The monoisotopic (exact) mass is 538 g/mol. The predicted octanol–water partition coefficient (Wildman–Crippen LogP) is 4.41. The molecule has 0 bridgehead atoms. The van der Waals surface area contributed by atoms with Crippen molar-refractivity contribution in [3.8, 4) is 5.75 Å². The van der Waals surface area contributed by atoms with E-state index < -0.39 is 0 Å². The maximum Gasteiger partial charge on any atom is 0.315 e. The minimum Gasteiger partial charge on any atom is -0.483 e. The van der Waals surface area contributed by atoms with Crippen LogP contribution in [-0.2, 0) is 17.9 Å². The van der Waals surface area contributed by atoms with E-state index in [0.29, 0.717) is 54.8 Å². The number of ether oxygens (including phenoxy) is 1. The van der Waals surface area contributed by atoms with Gasteiger partial charge in [0.05, 0.1) is 0 Å². The third-order valence-electron chi connectivity index (χ3n) is 6.14. The van der Waals surface area contributed by atoms with E-state index in [4.69, 9.17) is 27.9 Å². The van der Waals surface area contributed by atoms with Gasteiger partial charge in [0.25, 0.3) is 5.91 Å². The molecule has 0 radical (unpaired) electrons. The van der Waals surface area contributed by atoms with Crippen molar-refractivity contribution >= 4 is 35.1 Å². The molecule has 0 unspecified atom stereocenters. The fourth-order valence-corrected chi connectivity index (χ4v) is 4.47. The van der Waals surface area contributed by atoms with Gasteiger partial charge in [-0.3, -0.25) is 9.69 Å². The molecule has 3 amide bonds. The molecule has 0 aliphatic carbocycles. The summed E-state index contributed by atoms with van der Waals surface area (Å²) in [5.41, 5.74) is 1.71. The molecule has 0 spiro atoms. The molecule has 10 heteroatoms. The first-order chi connectivity index (χ1) is 17.3. The van der Waals surface area contributed by atoms with Gasteiger partial charge in [0.1, 0.15) is 11.6 Å². The lowest BCUT2D eigenvalue weighted by Crippen LogP contribution is -2.58. The lowest BCUT2D eigenvalue weighted by Gasteiger charge is -2.44. The van der Waals surface area contributed by atoms with E-state index >= 15 is 0 Å². The van der Waals surface area contributed by atoms with Crippen LogP contribution in [0.1, 0.15) is 31.4 Å². The van der Waals surface area contributed by atoms with Crippen molar-refractivity contribution in [2.45, 2.75) is 45.4 Å². The molecular formula is C26H33Cl2FN4O3. The Morgan fingerprint density at radius 2 is 1.83 bits per heavy atom. The summed E-state index contributed by atoms with van der Waals surface area (Å²) < 4.78 is 19.1. The molecule has 1 aliphatic heterocycles. The van der Waals surface area contributed by atoms with E-state index in [9.17, 15) is 14.0 Å². The highest BCUT2D eigenvalue weighted by Gasteiger charge is 2.32. The summed E-state index contributed by atoms with van der Waals surface area (Å²) in [4.78, 5) is 29.1. The molecule has 7 nitrogen and oxygen atoms in total. The smallest absolute Gasteiger partial charge is 0.315 e. The summed E-state index contributed by atoms with van der Waals surface area (Å²) >= 11 is 11.8. The van der Waals surface area contributed by atoms with Gasteiger partial charge in [0.15, 0.2) is 6.61 Å². The van der Waals surface area contributed by atoms with Crippen LogP contribution in [0.2, 0.25) is 5.02 Å². The molecule has 3 rings (SSSR count). The lowest BCUT2D eigenvalue weighted by molar-refractivity contribution is -0.139. The highest BCUT2D eigenvalue weighted by molar-refractivity contribution is 6.30.